The quantitative estimate of drug-likeness (QED) is 0.353. The molecule has 0 radical (unpaired) electrons. The van der Waals surface area contributed by atoms with Crippen LogP contribution in [-0.2, 0) is 16.0 Å². The van der Waals surface area contributed by atoms with Crippen molar-refractivity contribution in [1.82, 2.24) is 5.32 Å². The van der Waals surface area contributed by atoms with Gasteiger partial charge in [-0.05, 0) is 34.2 Å². The SMILES string of the molecule is O=C[C@H](Cc1ccc([N+](=O)[O-])cc1)NC(=O)OCC1c2ccccc2-c2ccccc21. The van der Waals surface area contributed by atoms with E-state index in [2.05, 4.69) is 17.4 Å². The van der Waals surface area contributed by atoms with E-state index < -0.39 is 17.1 Å². The summed E-state index contributed by atoms with van der Waals surface area (Å²) in [5.74, 6) is -0.0671. The van der Waals surface area contributed by atoms with E-state index in [1.54, 1.807) is 12.1 Å². The molecule has 0 unspecified atom stereocenters. The number of benzene rings is 3. The lowest BCUT2D eigenvalue weighted by atomic mass is 9.98. The van der Waals surface area contributed by atoms with Gasteiger partial charge in [0, 0.05) is 18.1 Å². The molecule has 0 spiro atoms. The number of nitro groups is 1. The van der Waals surface area contributed by atoms with Crippen LogP contribution in [0.2, 0.25) is 0 Å². The third kappa shape index (κ3) is 4.30. The molecule has 1 atom stereocenters. The van der Waals surface area contributed by atoms with Gasteiger partial charge in [-0.3, -0.25) is 10.1 Å². The Balaban J connectivity index is 1.38. The summed E-state index contributed by atoms with van der Waals surface area (Å²) in [4.78, 5) is 34.0. The van der Waals surface area contributed by atoms with Gasteiger partial charge in [-0.15, -0.1) is 0 Å². The summed E-state index contributed by atoms with van der Waals surface area (Å²) in [6.45, 7) is 0.156. The fourth-order valence-corrected chi connectivity index (χ4v) is 3.93. The number of non-ortho nitro benzene ring substituents is 1. The van der Waals surface area contributed by atoms with Gasteiger partial charge in [-0.25, -0.2) is 4.79 Å². The molecule has 0 aromatic heterocycles. The lowest BCUT2D eigenvalue weighted by Crippen LogP contribution is -2.38. The highest BCUT2D eigenvalue weighted by Crippen LogP contribution is 2.44. The predicted octanol–water partition coefficient (Wildman–Crippen LogP) is 4.24. The van der Waals surface area contributed by atoms with Crippen LogP contribution in [0.15, 0.2) is 72.8 Å². The number of aldehydes is 1. The number of alkyl carbamates (subject to hydrolysis) is 1. The molecule has 1 aliphatic carbocycles. The highest BCUT2D eigenvalue weighted by molar-refractivity contribution is 5.79. The van der Waals surface area contributed by atoms with E-state index in [4.69, 9.17) is 4.74 Å². The highest BCUT2D eigenvalue weighted by Gasteiger charge is 2.29. The van der Waals surface area contributed by atoms with Crippen LogP contribution in [-0.4, -0.2) is 30.0 Å². The van der Waals surface area contributed by atoms with Gasteiger partial charge in [0.2, 0.25) is 0 Å². The number of hydrogen-bond donors (Lipinski definition) is 1. The van der Waals surface area contributed by atoms with Crippen molar-refractivity contribution in [3.8, 4) is 11.1 Å². The first-order valence-electron chi connectivity index (χ1n) is 9.87. The van der Waals surface area contributed by atoms with E-state index in [1.165, 1.54) is 12.1 Å². The summed E-state index contributed by atoms with van der Waals surface area (Å²) in [5, 5.41) is 13.3. The Morgan fingerprint density at radius 1 is 1.00 bits per heavy atom. The van der Waals surface area contributed by atoms with E-state index >= 15 is 0 Å². The van der Waals surface area contributed by atoms with Crippen molar-refractivity contribution in [2.75, 3.05) is 6.61 Å². The van der Waals surface area contributed by atoms with Crippen LogP contribution in [0, 0.1) is 10.1 Å². The van der Waals surface area contributed by atoms with E-state index in [0.29, 0.717) is 11.8 Å². The van der Waals surface area contributed by atoms with E-state index in [9.17, 15) is 19.7 Å². The molecule has 31 heavy (non-hydrogen) atoms. The van der Waals surface area contributed by atoms with Crippen molar-refractivity contribution in [3.05, 3.63) is 99.6 Å². The molecule has 0 aliphatic heterocycles. The standard InChI is InChI=1S/C24H20N2O5/c27-14-17(13-16-9-11-18(12-10-16)26(29)30)25-24(28)31-15-23-21-7-3-1-5-19(21)20-6-2-4-8-22(20)23/h1-12,14,17,23H,13,15H2,(H,25,28)/t17-/m0/s1. The Hall–Kier alpha value is -4.00. The zero-order valence-corrected chi connectivity index (χ0v) is 16.6. The topological polar surface area (TPSA) is 98.5 Å². The fraction of sp³-hybridized carbons (Fsp3) is 0.167. The molecule has 1 aliphatic rings. The van der Waals surface area contributed by atoms with Gasteiger partial charge in [0.25, 0.3) is 5.69 Å². The monoisotopic (exact) mass is 416 g/mol. The largest absolute Gasteiger partial charge is 0.449 e. The molecule has 3 aromatic carbocycles. The van der Waals surface area contributed by atoms with Crippen LogP contribution < -0.4 is 5.32 Å². The Bertz CT molecular complexity index is 1080. The molecule has 4 rings (SSSR count). The summed E-state index contributed by atoms with van der Waals surface area (Å²) in [6.07, 6.45) is 0.162. The molecule has 156 valence electrons. The number of amides is 1. The number of nitro benzene ring substituents is 1. The lowest BCUT2D eigenvalue weighted by Gasteiger charge is -2.17. The zero-order valence-electron chi connectivity index (χ0n) is 16.6. The number of fused-ring (bicyclic) bond motifs is 3. The lowest BCUT2D eigenvalue weighted by molar-refractivity contribution is -0.384. The normalized spacial score (nSPS) is 13.0. The number of nitrogens with zero attached hydrogens (tertiary/aromatic N) is 1. The Kier molecular flexibility index (Phi) is 5.75. The first-order valence-corrected chi connectivity index (χ1v) is 9.87. The van der Waals surface area contributed by atoms with Crippen molar-refractivity contribution in [2.45, 2.75) is 18.4 Å². The van der Waals surface area contributed by atoms with Gasteiger partial charge in [-0.1, -0.05) is 60.7 Å². The maximum atomic E-state index is 12.3. The van der Waals surface area contributed by atoms with Crippen LogP contribution in [0.1, 0.15) is 22.6 Å². The van der Waals surface area contributed by atoms with Gasteiger partial charge in [-0.2, -0.15) is 0 Å². The van der Waals surface area contributed by atoms with Crippen molar-refractivity contribution >= 4 is 18.1 Å². The van der Waals surface area contributed by atoms with Crippen molar-refractivity contribution in [3.63, 3.8) is 0 Å². The van der Waals surface area contributed by atoms with Crippen LogP contribution in [0.4, 0.5) is 10.5 Å². The molecule has 7 nitrogen and oxygen atoms in total. The van der Waals surface area contributed by atoms with Gasteiger partial charge in [0.05, 0.1) is 11.0 Å². The molecular weight excluding hydrogens is 396 g/mol. The summed E-state index contributed by atoms with van der Waals surface area (Å²) < 4.78 is 5.46. The number of nitrogens with one attached hydrogen (secondary N) is 1. The second-order valence-electron chi connectivity index (χ2n) is 7.34. The van der Waals surface area contributed by atoms with Gasteiger partial charge < -0.3 is 14.8 Å². The predicted molar refractivity (Wildman–Crippen MR) is 115 cm³/mol. The molecule has 1 amide bonds. The van der Waals surface area contributed by atoms with Crippen molar-refractivity contribution in [2.24, 2.45) is 0 Å². The van der Waals surface area contributed by atoms with E-state index in [0.717, 1.165) is 22.3 Å². The number of carbonyl (C=O) groups excluding carboxylic acids is 2. The molecule has 1 N–H and O–H groups in total. The summed E-state index contributed by atoms with van der Waals surface area (Å²) in [6, 6.07) is 21.1. The second kappa shape index (κ2) is 8.79. The zero-order chi connectivity index (χ0) is 21.8. The van der Waals surface area contributed by atoms with Gasteiger partial charge >= 0.3 is 6.09 Å². The van der Waals surface area contributed by atoms with E-state index in [1.807, 2.05) is 36.4 Å². The van der Waals surface area contributed by atoms with Crippen LogP contribution in [0.25, 0.3) is 11.1 Å². The third-order valence-electron chi connectivity index (χ3n) is 5.41. The molecular formula is C24H20N2O5. The highest BCUT2D eigenvalue weighted by atomic mass is 16.6. The third-order valence-corrected chi connectivity index (χ3v) is 5.41. The minimum Gasteiger partial charge on any atom is -0.449 e. The molecule has 0 fully saturated rings. The first kappa shape index (κ1) is 20.3. The Labute approximate surface area is 178 Å². The minimum atomic E-state index is -0.794. The van der Waals surface area contributed by atoms with Gasteiger partial charge in [0.1, 0.15) is 12.9 Å². The van der Waals surface area contributed by atoms with Crippen molar-refractivity contribution in [1.29, 1.82) is 0 Å². The Morgan fingerprint density at radius 2 is 1.58 bits per heavy atom. The van der Waals surface area contributed by atoms with E-state index in [-0.39, 0.29) is 24.6 Å². The maximum Gasteiger partial charge on any atom is 0.407 e. The molecule has 0 heterocycles. The second-order valence-corrected chi connectivity index (χ2v) is 7.34. The number of ether oxygens (including phenoxy) is 1. The smallest absolute Gasteiger partial charge is 0.407 e. The number of carbonyl (C=O) groups is 2. The molecule has 7 heteroatoms. The number of hydrogen-bond acceptors (Lipinski definition) is 5. The minimum absolute atomic E-state index is 0.0316. The maximum absolute atomic E-state index is 12.3. The summed E-state index contributed by atoms with van der Waals surface area (Å²) in [5.41, 5.74) is 5.15. The van der Waals surface area contributed by atoms with Crippen molar-refractivity contribution < 1.29 is 19.2 Å². The summed E-state index contributed by atoms with van der Waals surface area (Å²) in [7, 11) is 0. The Morgan fingerprint density at radius 3 is 2.13 bits per heavy atom. The average molecular weight is 416 g/mol. The molecule has 3 aromatic rings. The fourth-order valence-electron chi connectivity index (χ4n) is 3.93. The van der Waals surface area contributed by atoms with Crippen LogP contribution in [0.3, 0.4) is 0 Å². The molecule has 0 saturated carbocycles. The molecule has 0 bridgehead atoms. The molecule has 0 saturated heterocycles. The average Bonchev–Trinajstić information content (AvgIpc) is 3.11. The number of rotatable bonds is 7. The van der Waals surface area contributed by atoms with Gasteiger partial charge in [0.15, 0.2) is 0 Å². The van der Waals surface area contributed by atoms with Crippen LogP contribution >= 0.6 is 0 Å². The first-order chi connectivity index (χ1) is 15.1. The van der Waals surface area contributed by atoms with Crippen LogP contribution in [0.5, 0.6) is 0 Å². The summed E-state index contributed by atoms with van der Waals surface area (Å²) >= 11 is 0.